The van der Waals surface area contributed by atoms with Crippen LogP contribution in [0.2, 0.25) is 0 Å². The van der Waals surface area contributed by atoms with Crippen molar-refractivity contribution in [2.75, 3.05) is 44.8 Å². The number of rotatable bonds is 7. The standard InChI is InChI=1S/C21H24N2O5/c1-27-18-6-8-19(9-7-18)28-15-10-20(24)23-13-11-22(12-14-23)17-4-2-16(3-5-17)21(25)26/h2-9H,10-15H2,1H3,(H,25,26). The number of anilines is 1. The van der Waals surface area contributed by atoms with Crippen molar-refractivity contribution in [2.45, 2.75) is 6.42 Å². The first-order valence-electron chi connectivity index (χ1n) is 9.20. The van der Waals surface area contributed by atoms with Crippen LogP contribution in [0.5, 0.6) is 11.5 Å². The number of nitrogens with zero attached hydrogens (tertiary/aromatic N) is 2. The average molecular weight is 384 g/mol. The Morgan fingerprint density at radius 2 is 1.54 bits per heavy atom. The molecule has 28 heavy (non-hydrogen) atoms. The Labute approximate surface area is 164 Å². The number of hydrogen-bond acceptors (Lipinski definition) is 5. The van der Waals surface area contributed by atoms with Gasteiger partial charge >= 0.3 is 5.97 Å². The van der Waals surface area contributed by atoms with E-state index in [1.54, 1.807) is 19.2 Å². The molecule has 1 saturated heterocycles. The van der Waals surface area contributed by atoms with E-state index in [0.29, 0.717) is 31.9 Å². The molecule has 0 unspecified atom stereocenters. The van der Waals surface area contributed by atoms with E-state index in [1.165, 1.54) is 0 Å². The number of amides is 1. The molecule has 0 atom stereocenters. The van der Waals surface area contributed by atoms with Gasteiger partial charge in [0.2, 0.25) is 5.91 Å². The van der Waals surface area contributed by atoms with Crippen LogP contribution in [0.15, 0.2) is 48.5 Å². The molecule has 0 radical (unpaired) electrons. The maximum absolute atomic E-state index is 12.4. The average Bonchev–Trinajstić information content (AvgIpc) is 2.74. The zero-order valence-electron chi connectivity index (χ0n) is 15.8. The lowest BCUT2D eigenvalue weighted by molar-refractivity contribution is -0.132. The molecule has 0 bridgehead atoms. The van der Waals surface area contributed by atoms with Crippen molar-refractivity contribution < 1.29 is 24.2 Å². The van der Waals surface area contributed by atoms with Gasteiger partial charge in [-0.2, -0.15) is 0 Å². The van der Waals surface area contributed by atoms with Gasteiger partial charge in [0.05, 0.1) is 25.7 Å². The number of hydrogen-bond donors (Lipinski definition) is 1. The molecule has 1 N–H and O–H groups in total. The maximum atomic E-state index is 12.4. The molecule has 1 heterocycles. The second kappa shape index (κ2) is 9.12. The van der Waals surface area contributed by atoms with Crippen LogP contribution in [0, 0.1) is 0 Å². The quantitative estimate of drug-likeness (QED) is 0.790. The molecule has 2 aromatic carbocycles. The van der Waals surface area contributed by atoms with Crippen molar-refractivity contribution in [1.29, 1.82) is 0 Å². The Morgan fingerprint density at radius 3 is 2.11 bits per heavy atom. The molecule has 0 spiro atoms. The van der Waals surface area contributed by atoms with Crippen LogP contribution in [0.3, 0.4) is 0 Å². The molecular formula is C21H24N2O5. The maximum Gasteiger partial charge on any atom is 0.335 e. The van der Waals surface area contributed by atoms with Crippen molar-refractivity contribution in [1.82, 2.24) is 4.90 Å². The van der Waals surface area contributed by atoms with Gasteiger partial charge < -0.3 is 24.4 Å². The van der Waals surface area contributed by atoms with Crippen LogP contribution in [0.25, 0.3) is 0 Å². The zero-order chi connectivity index (χ0) is 19.9. The molecular weight excluding hydrogens is 360 g/mol. The summed E-state index contributed by atoms with van der Waals surface area (Å²) < 4.78 is 10.7. The minimum atomic E-state index is -0.932. The number of carboxylic acids is 1. The second-order valence-electron chi connectivity index (χ2n) is 6.49. The summed E-state index contributed by atoms with van der Waals surface area (Å²) in [6, 6.07) is 14.1. The van der Waals surface area contributed by atoms with Crippen LogP contribution < -0.4 is 14.4 Å². The fourth-order valence-electron chi connectivity index (χ4n) is 3.12. The summed E-state index contributed by atoms with van der Waals surface area (Å²) in [6.07, 6.45) is 0.333. The number of carbonyl (C=O) groups is 2. The minimum absolute atomic E-state index is 0.0781. The summed E-state index contributed by atoms with van der Waals surface area (Å²) >= 11 is 0. The van der Waals surface area contributed by atoms with Gasteiger partial charge in [-0.1, -0.05) is 0 Å². The van der Waals surface area contributed by atoms with Gasteiger partial charge in [0.25, 0.3) is 0 Å². The highest BCUT2D eigenvalue weighted by atomic mass is 16.5. The SMILES string of the molecule is COc1ccc(OCCC(=O)N2CCN(c3ccc(C(=O)O)cc3)CC2)cc1. The number of benzene rings is 2. The molecule has 1 fully saturated rings. The molecule has 7 nitrogen and oxygen atoms in total. The molecule has 0 saturated carbocycles. The largest absolute Gasteiger partial charge is 0.497 e. The molecule has 1 amide bonds. The van der Waals surface area contributed by atoms with Crippen LogP contribution >= 0.6 is 0 Å². The van der Waals surface area contributed by atoms with Gasteiger partial charge in [-0.25, -0.2) is 4.79 Å². The van der Waals surface area contributed by atoms with E-state index in [-0.39, 0.29) is 11.5 Å². The van der Waals surface area contributed by atoms with Crippen LogP contribution in [0.1, 0.15) is 16.8 Å². The zero-order valence-corrected chi connectivity index (χ0v) is 15.8. The normalized spacial score (nSPS) is 13.9. The third-order valence-electron chi connectivity index (χ3n) is 4.76. The number of piperazine rings is 1. The third-order valence-corrected chi connectivity index (χ3v) is 4.76. The number of carboxylic acid groups (broad SMARTS) is 1. The first kappa shape index (κ1) is 19.5. The molecule has 3 rings (SSSR count). The highest BCUT2D eigenvalue weighted by Gasteiger charge is 2.21. The topological polar surface area (TPSA) is 79.3 Å². The van der Waals surface area contributed by atoms with E-state index in [1.807, 2.05) is 41.3 Å². The number of aromatic carboxylic acids is 1. The lowest BCUT2D eigenvalue weighted by atomic mass is 10.2. The van der Waals surface area contributed by atoms with Gasteiger partial charge in [-0.3, -0.25) is 4.79 Å². The van der Waals surface area contributed by atoms with Crippen molar-refractivity contribution >= 4 is 17.6 Å². The van der Waals surface area contributed by atoms with Crippen LogP contribution in [-0.2, 0) is 4.79 Å². The molecule has 1 aliphatic heterocycles. The summed E-state index contributed by atoms with van der Waals surface area (Å²) in [4.78, 5) is 27.3. The van der Waals surface area contributed by atoms with Gasteiger partial charge in [0, 0.05) is 31.9 Å². The lowest BCUT2D eigenvalue weighted by Gasteiger charge is -2.36. The first-order valence-corrected chi connectivity index (χ1v) is 9.20. The summed E-state index contributed by atoms with van der Waals surface area (Å²) in [7, 11) is 1.61. The van der Waals surface area contributed by atoms with Crippen molar-refractivity contribution in [3.8, 4) is 11.5 Å². The van der Waals surface area contributed by atoms with E-state index in [2.05, 4.69) is 4.90 Å². The molecule has 7 heteroatoms. The third kappa shape index (κ3) is 4.94. The summed E-state index contributed by atoms with van der Waals surface area (Å²) in [5.41, 5.74) is 1.24. The van der Waals surface area contributed by atoms with E-state index in [9.17, 15) is 9.59 Å². The predicted molar refractivity (Wildman–Crippen MR) is 105 cm³/mol. The molecule has 1 aliphatic rings. The van der Waals surface area contributed by atoms with Gasteiger partial charge in [0.15, 0.2) is 0 Å². The molecule has 0 aromatic heterocycles. The smallest absolute Gasteiger partial charge is 0.335 e. The number of methoxy groups -OCH3 is 1. The van der Waals surface area contributed by atoms with Gasteiger partial charge in [0.1, 0.15) is 11.5 Å². The van der Waals surface area contributed by atoms with E-state index < -0.39 is 5.97 Å². The van der Waals surface area contributed by atoms with E-state index in [4.69, 9.17) is 14.6 Å². The minimum Gasteiger partial charge on any atom is -0.497 e. The Balaban J connectivity index is 1.42. The van der Waals surface area contributed by atoms with E-state index in [0.717, 1.165) is 24.5 Å². The fourth-order valence-corrected chi connectivity index (χ4v) is 3.12. The monoisotopic (exact) mass is 384 g/mol. The van der Waals surface area contributed by atoms with Crippen LogP contribution in [0.4, 0.5) is 5.69 Å². The van der Waals surface area contributed by atoms with Crippen molar-refractivity contribution in [3.05, 3.63) is 54.1 Å². The second-order valence-corrected chi connectivity index (χ2v) is 6.49. The highest BCUT2D eigenvalue weighted by Crippen LogP contribution is 2.19. The van der Waals surface area contributed by atoms with Crippen molar-refractivity contribution in [3.63, 3.8) is 0 Å². The first-order chi connectivity index (χ1) is 13.6. The summed E-state index contributed by atoms with van der Waals surface area (Å²) in [5.74, 6) is 0.621. The Morgan fingerprint density at radius 1 is 0.929 bits per heavy atom. The predicted octanol–water partition coefficient (Wildman–Crippen LogP) is 2.51. The van der Waals surface area contributed by atoms with Crippen molar-refractivity contribution in [2.24, 2.45) is 0 Å². The Bertz CT molecular complexity index is 797. The molecule has 2 aromatic rings. The highest BCUT2D eigenvalue weighted by molar-refractivity contribution is 5.88. The van der Waals surface area contributed by atoms with Crippen LogP contribution in [-0.4, -0.2) is 61.8 Å². The van der Waals surface area contributed by atoms with E-state index >= 15 is 0 Å². The number of carbonyl (C=O) groups excluding carboxylic acids is 1. The number of ether oxygens (including phenoxy) is 2. The fraction of sp³-hybridized carbons (Fsp3) is 0.333. The lowest BCUT2D eigenvalue weighted by Crippen LogP contribution is -2.49. The van der Waals surface area contributed by atoms with Gasteiger partial charge in [-0.15, -0.1) is 0 Å². The Kier molecular flexibility index (Phi) is 6.37. The molecule has 148 valence electrons. The van der Waals surface area contributed by atoms with Gasteiger partial charge in [-0.05, 0) is 48.5 Å². The molecule has 0 aliphatic carbocycles. The Hall–Kier alpha value is -3.22. The summed E-state index contributed by atoms with van der Waals surface area (Å²) in [6.45, 7) is 3.06. The summed E-state index contributed by atoms with van der Waals surface area (Å²) in [5, 5.41) is 8.98.